The van der Waals surface area contributed by atoms with Crippen molar-refractivity contribution >= 4 is 21.6 Å². The van der Waals surface area contributed by atoms with Crippen LogP contribution in [0.3, 0.4) is 0 Å². The molecule has 0 radical (unpaired) electrons. The monoisotopic (exact) mass is 235 g/mol. The van der Waals surface area contributed by atoms with Gasteiger partial charge in [-0.3, -0.25) is 0 Å². The Morgan fingerprint density at radius 2 is 2.00 bits per heavy atom. The zero-order chi connectivity index (χ0) is 11.5. The molecule has 0 saturated carbocycles. The summed E-state index contributed by atoms with van der Waals surface area (Å²) in [7, 11) is 0. The summed E-state index contributed by atoms with van der Waals surface area (Å²) in [6.07, 6.45) is 1.30. The van der Waals surface area contributed by atoms with Gasteiger partial charge in [-0.25, -0.2) is 4.98 Å². The van der Waals surface area contributed by atoms with E-state index in [2.05, 4.69) is 31.8 Å². The standard InChI is InChI=1S/C13H17NOS/c1-9(2)8-10(3)15-13-14-11-6-4-5-7-12(11)16-13/h4-7,9-10H,8H2,1-3H3/t10-/m0/s1. The van der Waals surface area contributed by atoms with Crippen molar-refractivity contribution < 1.29 is 4.74 Å². The Balaban J connectivity index is 2.09. The number of hydrogen-bond acceptors (Lipinski definition) is 3. The van der Waals surface area contributed by atoms with Crippen LogP contribution in [-0.4, -0.2) is 11.1 Å². The van der Waals surface area contributed by atoms with Crippen LogP contribution >= 0.6 is 11.3 Å². The van der Waals surface area contributed by atoms with E-state index >= 15 is 0 Å². The number of para-hydroxylation sites is 1. The molecule has 0 unspecified atom stereocenters. The van der Waals surface area contributed by atoms with E-state index in [0.29, 0.717) is 5.92 Å². The van der Waals surface area contributed by atoms with Crippen LogP contribution in [0.5, 0.6) is 5.19 Å². The van der Waals surface area contributed by atoms with Crippen molar-refractivity contribution in [2.24, 2.45) is 5.92 Å². The van der Waals surface area contributed by atoms with Gasteiger partial charge < -0.3 is 4.74 Å². The lowest BCUT2D eigenvalue weighted by Crippen LogP contribution is -2.14. The molecule has 3 heteroatoms. The van der Waals surface area contributed by atoms with Crippen LogP contribution < -0.4 is 4.74 Å². The Morgan fingerprint density at radius 3 is 2.69 bits per heavy atom. The van der Waals surface area contributed by atoms with Gasteiger partial charge in [0.2, 0.25) is 0 Å². The first-order valence-corrected chi connectivity index (χ1v) is 6.49. The van der Waals surface area contributed by atoms with Crippen LogP contribution in [0, 0.1) is 5.92 Å². The van der Waals surface area contributed by atoms with E-state index in [-0.39, 0.29) is 6.10 Å². The first kappa shape index (κ1) is 11.4. The number of aromatic nitrogens is 1. The van der Waals surface area contributed by atoms with Crippen LogP contribution in [0.2, 0.25) is 0 Å². The van der Waals surface area contributed by atoms with Crippen molar-refractivity contribution in [1.29, 1.82) is 0 Å². The SMILES string of the molecule is CC(C)C[C@H](C)Oc1nc2ccccc2s1. The maximum atomic E-state index is 5.82. The topological polar surface area (TPSA) is 22.1 Å². The van der Waals surface area contributed by atoms with Crippen molar-refractivity contribution in [2.75, 3.05) is 0 Å². The molecule has 0 bridgehead atoms. The second-order valence-electron chi connectivity index (χ2n) is 4.51. The minimum atomic E-state index is 0.237. The Kier molecular flexibility index (Phi) is 3.44. The van der Waals surface area contributed by atoms with Crippen molar-refractivity contribution in [2.45, 2.75) is 33.3 Å². The van der Waals surface area contributed by atoms with E-state index in [1.165, 1.54) is 4.70 Å². The van der Waals surface area contributed by atoms with Gasteiger partial charge in [-0.2, -0.15) is 0 Å². The van der Waals surface area contributed by atoms with Gasteiger partial charge in [0.1, 0.15) is 0 Å². The highest BCUT2D eigenvalue weighted by atomic mass is 32.1. The smallest absolute Gasteiger partial charge is 0.274 e. The van der Waals surface area contributed by atoms with Crippen molar-refractivity contribution in [3.8, 4) is 5.19 Å². The molecule has 0 aliphatic carbocycles. The lowest BCUT2D eigenvalue weighted by Gasteiger charge is -2.13. The van der Waals surface area contributed by atoms with Gasteiger partial charge in [-0.15, -0.1) is 0 Å². The number of fused-ring (bicyclic) bond motifs is 1. The largest absolute Gasteiger partial charge is 0.467 e. The third-order valence-corrected chi connectivity index (χ3v) is 3.31. The fourth-order valence-electron chi connectivity index (χ4n) is 1.79. The van der Waals surface area contributed by atoms with Crippen molar-refractivity contribution in [3.05, 3.63) is 24.3 Å². The maximum Gasteiger partial charge on any atom is 0.274 e. The molecule has 2 aromatic rings. The highest BCUT2D eigenvalue weighted by Gasteiger charge is 2.10. The molecule has 1 aromatic heterocycles. The molecule has 1 aromatic carbocycles. The molecule has 0 aliphatic rings. The normalized spacial score (nSPS) is 13.2. The predicted molar refractivity (Wildman–Crippen MR) is 69.2 cm³/mol. The van der Waals surface area contributed by atoms with Gasteiger partial charge in [0.25, 0.3) is 5.19 Å². The second kappa shape index (κ2) is 4.83. The van der Waals surface area contributed by atoms with Crippen molar-refractivity contribution in [3.63, 3.8) is 0 Å². The zero-order valence-electron chi connectivity index (χ0n) is 9.93. The molecule has 0 fully saturated rings. The summed E-state index contributed by atoms with van der Waals surface area (Å²) >= 11 is 1.62. The molecule has 0 spiro atoms. The number of hydrogen-bond donors (Lipinski definition) is 0. The maximum absolute atomic E-state index is 5.82. The summed E-state index contributed by atoms with van der Waals surface area (Å²) in [6, 6.07) is 8.13. The molecule has 16 heavy (non-hydrogen) atoms. The molecule has 86 valence electrons. The average molecular weight is 235 g/mol. The number of benzene rings is 1. The van der Waals surface area contributed by atoms with Crippen LogP contribution in [0.4, 0.5) is 0 Å². The Morgan fingerprint density at radius 1 is 1.25 bits per heavy atom. The Hall–Kier alpha value is -1.09. The van der Waals surface area contributed by atoms with E-state index in [1.54, 1.807) is 11.3 Å². The molecule has 2 nitrogen and oxygen atoms in total. The predicted octanol–water partition coefficient (Wildman–Crippen LogP) is 4.11. The molecular weight excluding hydrogens is 218 g/mol. The van der Waals surface area contributed by atoms with Gasteiger partial charge >= 0.3 is 0 Å². The lowest BCUT2D eigenvalue weighted by atomic mass is 10.1. The third kappa shape index (κ3) is 2.73. The summed E-state index contributed by atoms with van der Waals surface area (Å²) in [4.78, 5) is 4.46. The third-order valence-electron chi connectivity index (χ3n) is 2.38. The fourth-order valence-corrected chi connectivity index (χ4v) is 2.69. The molecule has 1 heterocycles. The highest BCUT2D eigenvalue weighted by Crippen LogP contribution is 2.28. The summed E-state index contributed by atoms with van der Waals surface area (Å²) in [6.45, 7) is 6.52. The molecule has 2 rings (SSSR count). The number of ether oxygens (including phenoxy) is 1. The first-order chi connectivity index (χ1) is 7.65. The summed E-state index contributed by atoms with van der Waals surface area (Å²) in [5, 5.41) is 0.786. The van der Waals surface area contributed by atoms with Crippen LogP contribution in [0.25, 0.3) is 10.2 Å². The van der Waals surface area contributed by atoms with E-state index in [4.69, 9.17) is 4.74 Å². The Labute approximate surface area is 100 Å². The van der Waals surface area contributed by atoms with Crippen LogP contribution in [0.15, 0.2) is 24.3 Å². The fraction of sp³-hybridized carbons (Fsp3) is 0.462. The number of thiazole rings is 1. The van der Waals surface area contributed by atoms with E-state index in [1.807, 2.05) is 18.2 Å². The summed E-state index contributed by atoms with van der Waals surface area (Å²) < 4.78 is 7.01. The van der Waals surface area contributed by atoms with Crippen molar-refractivity contribution in [1.82, 2.24) is 4.98 Å². The average Bonchev–Trinajstić information content (AvgIpc) is 2.57. The van der Waals surface area contributed by atoms with Gasteiger partial charge in [-0.05, 0) is 31.4 Å². The van der Waals surface area contributed by atoms with Gasteiger partial charge in [-0.1, -0.05) is 37.3 Å². The molecule has 1 atom stereocenters. The number of nitrogens with zero attached hydrogens (tertiary/aromatic N) is 1. The number of rotatable bonds is 4. The Bertz CT molecular complexity index is 431. The van der Waals surface area contributed by atoms with Gasteiger partial charge in [0.05, 0.1) is 16.3 Å². The highest BCUT2D eigenvalue weighted by molar-refractivity contribution is 7.20. The molecular formula is C13H17NOS. The summed E-state index contributed by atoms with van der Waals surface area (Å²) in [5.41, 5.74) is 1.03. The van der Waals surface area contributed by atoms with Gasteiger partial charge in [0, 0.05) is 0 Å². The minimum Gasteiger partial charge on any atom is -0.467 e. The molecule has 0 aliphatic heterocycles. The summed E-state index contributed by atoms with van der Waals surface area (Å²) in [5.74, 6) is 0.657. The minimum absolute atomic E-state index is 0.237. The van der Waals surface area contributed by atoms with Crippen LogP contribution in [0.1, 0.15) is 27.2 Å². The second-order valence-corrected chi connectivity index (χ2v) is 5.50. The van der Waals surface area contributed by atoms with E-state index in [9.17, 15) is 0 Å². The molecule has 0 amide bonds. The van der Waals surface area contributed by atoms with Crippen LogP contribution in [-0.2, 0) is 0 Å². The zero-order valence-corrected chi connectivity index (χ0v) is 10.8. The van der Waals surface area contributed by atoms with Gasteiger partial charge in [0.15, 0.2) is 0 Å². The van der Waals surface area contributed by atoms with E-state index in [0.717, 1.165) is 17.1 Å². The molecule has 0 saturated heterocycles. The molecule has 0 N–H and O–H groups in total. The van der Waals surface area contributed by atoms with E-state index < -0.39 is 0 Å². The first-order valence-electron chi connectivity index (χ1n) is 5.67. The lowest BCUT2D eigenvalue weighted by molar-refractivity contribution is 0.193. The quantitative estimate of drug-likeness (QED) is 0.795.